The fraction of sp³-hybridized carbons (Fsp3) is 0.235. The Morgan fingerprint density at radius 1 is 1.26 bits per heavy atom. The second kappa shape index (κ2) is 7.57. The van der Waals surface area contributed by atoms with Crippen LogP contribution in [0.15, 0.2) is 53.5 Å². The number of aromatic nitrogens is 4. The van der Waals surface area contributed by atoms with Crippen molar-refractivity contribution in [1.82, 2.24) is 19.7 Å². The maximum Gasteiger partial charge on any atom is 0.191 e. The van der Waals surface area contributed by atoms with Gasteiger partial charge in [-0.1, -0.05) is 55.1 Å². The second-order valence-electron chi connectivity index (χ2n) is 4.95. The van der Waals surface area contributed by atoms with E-state index in [1.807, 2.05) is 24.3 Å². The Balaban J connectivity index is 1.71. The van der Waals surface area contributed by atoms with Crippen molar-refractivity contribution in [3.63, 3.8) is 0 Å². The molecule has 0 atom stereocenters. The van der Waals surface area contributed by atoms with Crippen LogP contribution in [0.3, 0.4) is 0 Å². The van der Waals surface area contributed by atoms with Crippen molar-refractivity contribution < 1.29 is 0 Å². The predicted octanol–water partition coefficient (Wildman–Crippen LogP) is 4.44. The van der Waals surface area contributed by atoms with Crippen LogP contribution in [0.2, 0.25) is 0 Å². The third kappa shape index (κ3) is 3.71. The van der Waals surface area contributed by atoms with E-state index in [2.05, 4.69) is 45.8 Å². The number of thioether (sulfide) groups is 1. The zero-order chi connectivity index (χ0) is 16.1. The van der Waals surface area contributed by atoms with Crippen molar-refractivity contribution in [2.75, 3.05) is 0 Å². The summed E-state index contributed by atoms with van der Waals surface area (Å²) in [6.45, 7) is 6.64. The summed E-state index contributed by atoms with van der Waals surface area (Å²) in [5.41, 5.74) is 2.24. The zero-order valence-corrected chi connectivity index (χ0v) is 14.6. The molecule has 0 aliphatic rings. The molecule has 0 radical (unpaired) electrons. The third-order valence-electron chi connectivity index (χ3n) is 3.34. The molecule has 0 amide bonds. The summed E-state index contributed by atoms with van der Waals surface area (Å²) in [6.07, 6.45) is 2.75. The quantitative estimate of drug-likeness (QED) is 0.470. The van der Waals surface area contributed by atoms with E-state index in [-0.39, 0.29) is 0 Å². The summed E-state index contributed by atoms with van der Waals surface area (Å²) < 4.78 is 2.11. The molecule has 0 bridgehead atoms. The summed E-state index contributed by atoms with van der Waals surface area (Å²) >= 11 is 3.35. The molecule has 3 rings (SSSR count). The Bertz CT molecular complexity index is 777. The van der Waals surface area contributed by atoms with Gasteiger partial charge in [0.05, 0.1) is 5.69 Å². The molecule has 0 aliphatic heterocycles. The second-order valence-corrected chi connectivity index (χ2v) is 6.75. The van der Waals surface area contributed by atoms with Crippen LogP contribution < -0.4 is 0 Å². The molecule has 3 aromatic rings. The molecule has 4 nitrogen and oxygen atoms in total. The molecule has 0 saturated heterocycles. The molecule has 0 N–H and O–H groups in total. The minimum Gasteiger partial charge on any atom is -0.302 e. The molecular formula is C17H18N4S2. The van der Waals surface area contributed by atoms with E-state index in [1.165, 1.54) is 0 Å². The molecule has 0 aliphatic carbocycles. The molecular weight excluding hydrogens is 324 g/mol. The first-order chi connectivity index (χ1) is 11.3. The van der Waals surface area contributed by atoms with E-state index in [9.17, 15) is 0 Å². The number of aryl methyl sites for hydroxylation is 1. The smallest absolute Gasteiger partial charge is 0.191 e. The van der Waals surface area contributed by atoms with Crippen molar-refractivity contribution in [3.8, 4) is 10.6 Å². The van der Waals surface area contributed by atoms with Crippen LogP contribution in [0.4, 0.5) is 0 Å². The Hall–Kier alpha value is -1.92. The average molecular weight is 342 g/mol. The molecule has 23 heavy (non-hydrogen) atoms. The first-order valence-electron chi connectivity index (χ1n) is 7.47. The number of thiazole rings is 1. The first-order valence-corrected chi connectivity index (χ1v) is 9.34. The van der Waals surface area contributed by atoms with Gasteiger partial charge in [-0.25, -0.2) is 4.98 Å². The number of hydrogen-bond acceptors (Lipinski definition) is 5. The van der Waals surface area contributed by atoms with Crippen LogP contribution in [0, 0.1) is 0 Å². The molecule has 2 heterocycles. The number of hydrogen-bond donors (Lipinski definition) is 0. The van der Waals surface area contributed by atoms with Crippen molar-refractivity contribution in [1.29, 1.82) is 0 Å². The van der Waals surface area contributed by atoms with Crippen molar-refractivity contribution in [3.05, 3.63) is 59.9 Å². The van der Waals surface area contributed by atoms with Gasteiger partial charge in [0.2, 0.25) is 0 Å². The zero-order valence-electron chi connectivity index (χ0n) is 13.0. The largest absolute Gasteiger partial charge is 0.302 e. The summed E-state index contributed by atoms with van der Waals surface area (Å²) in [4.78, 5) is 4.72. The third-order valence-corrected chi connectivity index (χ3v) is 5.28. The monoisotopic (exact) mass is 342 g/mol. The maximum atomic E-state index is 4.72. The Morgan fingerprint density at radius 3 is 2.83 bits per heavy atom. The van der Waals surface area contributed by atoms with E-state index in [1.54, 1.807) is 23.1 Å². The minimum atomic E-state index is 0.741. The standard InChI is InChI=1S/C17H18N4S2/c1-3-10-21-15(4-2)19-20-17(21)23-12-14-11-22-16(18-14)13-8-6-5-7-9-13/h3,5-9,11H,1,4,10,12H2,2H3. The molecule has 6 heteroatoms. The number of nitrogens with zero attached hydrogens (tertiary/aromatic N) is 4. The highest BCUT2D eigenvalue weighted by Gasteiger charge is 2.11. The Morgan fingerprint density at radius 2 is 2.09 bits per heavy atom. The van der Waals surface area contributed by atoms with Gasteiger partial charge in [-0.15, -0.1) is 28.1 Å². The van der Waals surface area contributed by atoms with Crippen molar-refractivity contribution in [2.24, 2.45) is 0 Å². The van der Waals surface area contributed by atoms with Crippen LogP contribution in [0.5, 0.6) is 0 Å². The molecule has 0 saturated carbocycles. The molecule has 0 spiro atoms. The predicted molar refractivity (Wildman–Crippen MR) is 96.7 cm³/mol. The molecule has 1 aromatic carbocycles. The maximum absolute atomic E-state index is 4.72. The number of rotatable bonds is 7. The summed E-state index contributed by atoms with van der Waals surface area (Å²) in [6, 6.07) is 10.3. The van der Waals surface area contributed by atoms with Gasteiger partial charge >= 0.3 is 0 Å². The lowest BCUT2D eigenvalue weighted by molar-refractivity contribution is 0.685. The topological polar surface area (TPSA) is 43.6 Å². The summed E-state index contributed by atoms with van der Waals surface area (Å²) in [7, 11) is 0. The van der Waals surface area contributed by atoms with Gasteiger partial charge < -0.3 is 4.57 Å². The van der Waals surface area contributed by atoms with E-state index in [4.69, 9.17) is 4.98 Å². The summed E-state index contributed by atoms with van der Waals surface area (Å²) in [5, 5.41) is 12.6. The highest BCUT2D eigenvalue weighted by atomic mass is 32.2. The molecule has 0 unspecified atom stereocenters. The van der Waals surface area contributed by atoms with E-state index < -0.39 is 0 Å². The lowest BCUT2D eigenvalue weighted by Gasteiger charge is -2.05. The molecule has 0 fully saturated rings. The van der Waals surface area contributed by atoms with E-state index in [0.29, 0.717) is 0 Å². The van der Waals surface area contributed by atoms with Gasteiger partial charge in [-0.3, -0.25) is 0 Å². The lowest BCUT2D eigenvalue weighted by Crippen LogP contribution is -2.02. The summed E-state index contributed by atoms with van der Waals surface area (Å²) in [5.74, 6) is 1.79. The van der Waals surface area contributed by atoms with Gasteiger partial charge in [-0.05, 0) is 0 Å². The van der Waals surface area contributed by atoms with Gasteiger partial charge in [-0.2, -0.15) is 0 Å². The highest BCUT2D eigenvalue weighted by Crippen LogP contribution is 2.27. The first kappa shape index (κ1) is 16.0. The van der Waals surface area contributed by atoms with Crippen molar-refractivity contribution >= 4 is 23.1 Å². The SMILES string of the molecule is C=CCn1c(CC)nnc1SCc1csc(-c2ccccc2)n1. The van der Waals surface area contributed by atoms with E-state index in [0.717, 1.165) is 46.0 Å². The lowest BCUT2D eigenvalue weighted by atomic mass is 10.2. The number of allylic oxidation sites excluding steroid dienone is 1. The fourth-order valence-electron chi connectivity index (χ4n) is 2.22. The van der Waals surface area contributed by atoms with Gasteiger partial charge in [0.25, 0.3) is 0 Å². The van der Waals surface area contributed by atoms with Gasteiger partial charge in [0.15, 0.2) is 5.16 Å². The molecule has 118 valence electrons. The molecule has 2 aromatic heterocycles. The fourth-order valence-corrected chi connectivity index (χ4v) is 4.02. The van der Waals surface area contributed by atoms with E-state index >= 15 is 0 Å². The highest BCUT2D eigenvalue weighted by molar-refractivity contribution is 7.98. The van der Waals surface area contributed by atoms with Gasteiger partial charge in [0.1, 0.15) is 10.8 Å². The van der Waals surface area contributed by atoms with Crippen LogP contribution in [0.1, 0.15) is 18.4 Å². The van der Waals surface area contributed by atoms with Crippen LogP contribution in [-0.2, 0) is 18.7 Å². The van der Waals surface area contributed by atoms with Crippen molar-refractivity contribution in [2.45, 2.75) is 30.8 Å². The van der Waals surface area contributed by atoms with Gasteiger partial charge in [0, 0.05) is 29.7 Å². The normalized spacial score (nSPS) is 10.8. The minimum absolute atomic E-state index is 0.741. The Kier molecular flexibility index (Phi) is 5.25. The van der Waals surface area contributed by atoms with Crippen LogP contribution in [0.25, 0.3) is 10.6 Å². The van der Waals surface area contributed by atoms with Crippen LogP contribution >= 0.6 is 23.1 Å². The Labute approximate surface area is 144 Å². The van der Waals surface area contributed by atoms with Crippen LogP contribution in [-0.4, -0.2) is 19.7 Å². The number of benzene rings is 1. The average Bonchev–Trinajstić information content (AvgIpc) is 3.21.